The van der Waals surface area contributed by atoms with Gasteiger partial charge in [0.25, 0.3) is 5.69 Å². The van der Waals surface area contributed by atoms with Crippen molar-refractivity contribution in [2.75, 3.05) is 36.4 Å². The number of nitrogens with zero attached hydrogens (tertiary/aromatic N) is 4. The van der Waals surface area contributed by atoms with Gasteiger partial charge < -0.3 is 15.0 Å². The fraction of sp³-hybridized carbons (Fsp3) is 0.429. The monoisotopic (exact) mass is 591 g/mol. The highest BCUT2D eigenvalue weighted by Gasteiger charge is 2.38. The molecular weight excluding hydrogens is 563 g/mol. The van der Waals surface area contributed by atoms with E-state index < -0.39 is 28.6 Å². The summed E-state index contributed by atoms with van der Waals surface area (Å²) in [6, 6.07) is 12.4. The molecule has 41 heavy (non-hydrogen) atoms. The zero-order valence-corrected chi connectivity index (χ0v) is 22.8. The van der Waals surface area contributed by atoms with Crippen LogP contribution >= 0.6 is 11.6 Å². The number of carbonyl (C=O) groups excluding carboxylic acids is 1. The number of aldehydes is 1. The molecule has 9 nitrogen and oxygen atoms in total. The van der Waals surface area contributed by atoms with Gasteiger partial charge in [0.2, 0.25) is 0 Å². The standard InChI is InChI=1S/C28H29ClF3N5O4/c29-19-2-8-24-18(15-19)1-10-26(34-24)35-11-13-36(14-12-35)27(17-38)41-22-6-3-20(4-7-22)33-21-5-9-25(37(39)40)23(16-21)28(30,31)32/h1-2,5,8-10,15-17,20,22,27,33H,3-4,6-7,11-14H2. The van der Waals surface area contributed by atoms with Crippen LogP contribution in [0.4, 0.5) is 30.4 Å². The molecule has 1 atom stereocenters. The minimum absolute atomic E-state index is 0.110. The number of carbonyl (C=O) groups is 1. The van der Waals surface area contributed by atoms with Crippen LogP contribution in [0.25, 0.3) is 10.9 Å². The van der Waals surface area contributed by atoms with Crippen LogP contribution in [0, 0.1) is 10.1 Å². The first-order valence-corrected chi connectivity index (χ1v) is 13.8. The second-order valence-electron chi connectivity index (χ2n) is 10.3. The predicted octanol–water partition coefficient (Wildman–Crippen LogP) is 5.90. The van der Waals surface area contributed by atoms with Crippen molar-refractivity contribution in [3.8, 4) is 0 Å². The average molecular weight is 592 g/mol. The first-order valence-electron chi connectivity index (χ1n) is 13.4. The molecule has 0 amide bonds. The molecule has 1 aliphatic heterocycles. The van der Waals surface area contributed by atoms with Crippen LogP contribution in [0.2, 0.25) is 5.02 Å². The number of anilines is 2. The third kappa shape index (κ3) is 6.88. The molecule has 1 unspecified atom stereocenters. The summed E-state index contributed by atoms with van der Waals surface area (Å²) >= 11 is 6.07. The van der Waals surface area contributed by atoms with Gasteiger partial charge in [-0.05, 0) is 68.1 Å². The third-order valence-corrected chi connectivity index (χ3v) is 7.86. The number of pyridine rings is 1. The fourth-order valence-corrected chi connectivity index (χ4v) is 5.64. The van der Waals surface area contributed by atoms with Crippen molar-refractivity contribution < 1.29 is 27.6 Å². The predicted molar refractivity (Wildman–Crippen MR) is 149 cm³/mol. The molecule has 218 valence electrons. The lowest BCUT2D eigenvalue weighted by Crippen LogP contribution is -2.53. The summed E-state index contributed by atoms with van der Waals surface area (Å²) < 4.78 is 46.1. The van der Waals surface area contributed by atoms with Gasteiger partial charge >= 0.3 is 6.18 Å². The summed E-state index contributed by atoms with van der Waals surface area (Å²) in [5.41, 5.74) is -1.21. The lowest BCUT2D eigenvalue weighted by atomic mass is 9.92. The van der Waals surface area contributed by atoms with Crippen LogP contribution in [0.3, 0.4) is 0 Å². The number of hydrogen-bond donors (Lipinski definition) is 1. The quantitative estimate of drug-likeness (QED) is 0.196. The van der Waals surface area contributed by atoms with Gasteiger partial charge in [0.15, 0.2) is 12.5 Å². The van der Waals surface area contributed by atoms with E-state index in [0.717, 1.165) is 35.1 Å². The summed E-state index contributed by atoms with van der Waals surface area (Å²) in [6.07, 6.45) is -2.34. The van der Waals surface area contributed by atoms with Gasteiger partial charge in [-0.25, -0.2) is 4.98 Å². The Morgan fingerprint density at radius 3 is 2.44 bits per heavy atom. The number of aromatic nitrogens is 1. The maximum Gasteiger partial charge on any atom is 0.423 e. The highest BCUT2D eigenvalue weighted by Crippen LogP contribution is 2.38. The Morgan fingerprint density at radius 1 is 1.05 bits per heavy atom. The minimum atomic E-state index is -4.83. The second kappa shape index (κ2) is 12.2. The zero-order valence-electron chi connectivity index (χ0n) is 22.0. The number of alkyl halides is 3. The average Bonchev–Trinajstić information content (AvgIpc) is 2.96. The molecule has 1 saturated heterocycles. The van der Waals surface area contributed by atoms with Crippen molar-refractivity contribution in [1.82, 2.24) is 9.88 Å². The van der Waals surface area contributed by atoms with Gasteiger partial charge in [-0.15, -0.1) is 0 Å². The molecule has 1 N–H and O–H groups in total. The summed E-state index contributed by atoms with van der Waals surface area (Å²) in [6.45, 7) is 2.63. The molecule has 0 bridgehead atoms. The smallest absolute Gasteiger partial charge is 0.382 e. The van der Waals surface area contributed by atoms with Crippen molar-refractivity contribution in [3.63, 3.8) is 0 Å². The molecule has 0 spiro atoms. The van der Waals surface area contributed by atoms with E-state index in [0.29, 0.717) is 56.9 Å². The van der Waals surface area contributed by atoms with Crippen LogP contribution in [0.5, 0.6) is 0 Å². The zero-order chi connectivity index (χ0) is 29.1. The molecule has 3 aromatic rings. The van der Waals surface area contributed by atoms with Crippen LogP contribution in [0.15, 0.2) is 48.5 Å². The van der Waals surface area contributed by atoms with E-state index >= 15 is 0 Å². The van der Waals surface area contributed by atoms with Crippen molar-refractivity contribution in [2.24, 2.45) is 0 Å². The number of halogens is 4. The van der Waals surface area contributed by atoms with E-state index in [1.54, 1.807) is 0 Å². The van der Waals surface area contributed by atoms with Gasteiger partial charge in [-0.1, -0.05) is 11.6 Å². The van der Waals surface area contributed by atoms with Gasteiger partial charge in [-0.2, -0.15) is 13.2 Å². The number of fused-ring (bicyclic) bond motifs is 1. The number of hydrogen-bond acceptors (Lipinski definition) is 8. The Balaban J connectivity index is 1.11. The number of nitrogens with one attached hydrogen (secondary N) is 1. The molecule has 2 aliphatic rings. The number of nitro groups is 1. The SMILES string of the molecule is O=CC(OC1CCC(Nc2ccc([N+](=O)[O-])c(C(F)(F)F)c2)CC1)N1CCN(c2ccc3cc(Cl)ccc3n2)CC1. The third-order valence-electron chi connectivity index (χ3n) is 7.63. The molecule has 0 radical (unpaired) electrons. The Kier molecular flexibility index (Phi) is 8.62. The summed E-state index contributed by atoms with van der Waals surface area (Å²) in [4.78, 5) is 30.8. The second-order valence-corrected chi connectivity index (χ2v) is 10.7. The summed E-state index contributed by atoms with van der Waals surface area (Å²) in [7, 11) is 0. The van der Waals surface area contributed by atoms with Gasteiger partial charge in [0, 0.05) is 54.4 Å². The van der Waals surface area contributed by atoms with Crippen LogP contribution in [0.1, 0.15) is 31.2 Å². The minimum Gasteiger partial charge on any atom is -0.382 e. The van der Waals surface area contributed by atoms with E-state index in [2.05, 4.69) is 10.2 Å². The Bertz CT molecular complexity index is 1410. The first kappa shape index (κ1) is 29.0. The Morgan fingerprint density at radius 2 is 1.78 bits per heavy atom. The Hall–Kier alpha value is -3.48. The van der Waals surface area contributed by atoms with Crippen LogP contribution in [-0.2, 0) is 15.7 Å². The highest BCUT2D eigenvalue weighted by molar-refractivity contribution is 6.31. The molecule has 1 aliphatic carbocycles. The van der Waals surface area contributed by atoms with Gasteiger partial charge in [0.1, 0.15) is 11.4 Å². The van der Waals surface area contributed by atoms with Crippen molar-refractivity contribution in [1.29, 1.82) is 0 Å². The first-order chi connectivity index (χ1) is 19.6. The van der Waals surface area contributed by atoms with Crippen LogP contribution < -0.4 is 10.2 Å². The van der Waals surface area contributed by atoms with E-state index in [1.807, 2.05) is 35.2 Å². The van der Waals surface area contributed by atoms with Crippen LogP contribution in [-0.4, -0.2) is 65.6 Å². The maximum absolute atomic E-state index is 13.3. The summed E-state index contributed by atoms with van der Waals surface area (Å²) in [5.74, 6) is 0.865. The fourth-order valence-electron chi connectivity index (χ4n) is 5.46. The topological polar surface area (TPSA) is 101 Å². The maximum atomic E-state index is 13.3. The highest BCUT2D eigenvalue weighted by atomic mass is 35.5. The molecule has 13 heteroatoms. The molecular formula is C28H29ClF3N5O4. The summed E-state index contributed by atoms with van der Waals surface area (Å²) in [5, 5.41) is 15.7. The number of ether oxygens (including phenoxy) is 1. The van der Waals surface area contributed by atoms with E-state index in [1.165, 1.54) is 6.07 Å². The molecule has 1 aromatic heterocycles. The van der Waals surface area contributed by atoms with Gasteiger partial charge in [-0.3, -0.25) is 19.8 Å². The van der Waals surface area contributed by atoms with E-state index in [-0.39, 0.29) is 17.8 Å². The normalized spacial score (nSPS) is 21.0. The van der Waals surface area contributed by atoms with Crippen molar-refractivity contribution in [2.45, 2.75) is 50.2 Å². The molecule has 2 heterocycles. The molecule has 2 fully saturated rings. The van der Waals surface area contributed by atoms with E-state index in [9.17, 15) is 28.1 Å². The molecule has 1 saturated carbocycles. The largest absolute Gasteiger partial charge is 0.423 e. The number of nitro benzene ring substituents is 1. The van der Waals surface area contributed by atoms with Crippen molar-refractivity contribution >= 4 is 46.0 Å². The number of piperazine rings is 1. The Labute approximate surface area is 239 Å². The molecule has 2 aromatic carbocycles. The lowest BCUT2D eigenvalue weighted by Gasteiger charge is -2.39. The number of rotatable bonds is 8. The van der Waals surface area contributed by atoms with Crippen molar-refractivity contribution in [3.05, 3.63) is 69.2 Å². The van der Waals surface area contributed by atoms with Gasteiger partial charge in [0.05, 0.1) is 16.5 Å². The number of benzene rings is 2. The van der Waals surface area contributed by atoms with E-state index in [4.69, 9.17) is 21.3 Å². The lowest BCUT2D eigenvalue weighted by molar-refractivity contribution is -0.388. The molecule has 5 rings (SSSR count).